The van der Waals surface area contributed by atoms with Crippen LogP contribution in [0.4, 0.5) is 18.9 Å². The fourth-order valence-corrected chi connectivity index (χ4v) is 3.64. The van der Waals surface area contributed by atoms with E-state index in [2.05, 4.69) is 0 Å². The highest BCUT2D eigenvalue weighted by Crippen LogP contribution is 2.50. The molecule has 0 saturated carbocycles. The topological polar surface area (TPSA) is 57.6 Å². The van der Waals surface area contributed by atoms with Gasteiger partial charge in [-0.15, -0.1) is 0 Å². The molecule has 1 N–H and O–H groups in total. The highest BCUT2D eigenvalue weighted by molar-refractivity contribution is 6.14. The van der Waals surface area contributed by atoms with Crippen molar-refractivity contribution in [1.29, 1.82) is 0 Å². The van der Waals surface area contributed by atoms with E-state index in [1.54, 1.807) is 30.3 Å². The molecule has 0 fully saturated rings. The number of carbonyl (C=O) groups excluding carboxylic acids is 2. The van der Waals surface area contributed by atoms with Crippen LogP contribution >= 0.6 is 0 Å². The molecule has 30 heavy (non-hydrogen) atoms. The minimum atomic E-state index is -4.60. The minimum absolute atomic E-state index is 0.0647. The van der Waals surface area contributed by atoms with E-state index in [4.69, 9.17) is 0 Å². The van der Waals surface area contributed by atoms with Crippen molar-refractivity contribution in [3.63, 3.8) is 0 Å². The average Bonchev–Trinajstić information content (AvgIpc) is 2.98. The van der Waals surface area contributed by atoms with Gasteiger partial charge < -0.3 is 10.0 Å². The summed E-state index contributed by atoms with van der Waals surface area (Å²) in [5.74, 6) is -9.07. The Kier molecular flexibility index (Phi) is 4.70. The molecule has 0 aliphatic carbocycles. The van der Waals surface area contributed by atoms with Crippen LogP contribution in [0.1, 0.15) is 21.5 Å². The maximum absolute atomic E-state index is 15.4. The summed E-state index contributed by atoms with van der Waals surface area (Å²) in [7, 11) is 0. The number of halogens is 3. The standard InChI is InChI=1S/C23H16F3NO3/c24-18-12-6-4-10-16(18)20(28)23(25,26)22(30)17-11-5-7-13-19(17)27(21(22)29)14-15-8-2-1-3-9-15/h1-13,30H,14H2/t22-/m0/s1. The molecular weight excluding hydrogens is 395 g/mol. The third-order valence-corrected chi connectivity index (χ3v) is 5.18. The summed E-state index contributed by atoms with van der Waals surface area (Å²) in [5.41, 5.74) is -4.05. The van der Waals surface area contributed by atoms with Gasteiger partial charge in [-0.3, -0.25) is 9.59 Å². The second-order valence-corrected chi connectivity index (χ2v) is 6.99. The maximum Gasteiger partial charge on any atom is 0.351 e. The highest BCUT2D eigenvalue weighted by Gasteiger charge is 2.69. The molecule has 0 spiro atoms. The fourth-order valence-electron chi connectivity index (χ4n) is 3.64. The Bertz CT molecular complexity index is 1130. The summed E-state index contributed by atoms with van der Waals surface area (Å²) in [6.45, 7) is -0.0804. The Morgan fingerprint density at radius 2 is 1.53 bits per heavy atom. The molecule has 3 aromatic carbocycles. The van der Waals surface area contributed by atoms with Gasteiger partial charge in [-0.1, -0.05) is 60.7 Å². The number of ketones is 1. The monoisotopic (exact) mass is 411 g/mol. The number of aliphatic hydroxyl groups is 1. The summed E-state index contributed by atoms with van der Waals surface area (Å²) >= 11 is 0. The zero-order chi connectivity index (χ0) is 21.5. The summed E-state index contributed by atoms with van der Waals surface area (Å²) < 4.78 is 44.8. The first kappa shape index (κ1) is 19.8. The number of hydrogen-bond acceptors (Lipinski definition) is 3. The molecule has 1 aliphatic heterocycles. The number of Topliss-reactive ketones (excluding diaryl/α,β-unsaturated/α-hetero) is 1. The molecular formula is C23H16F3NO3. The molecule has 1 atom stereocenters. The van der Waals surface area contributed by atoms with Crippen LogP contribution in [0, 0.1) is 5.82 Å². The van der Waals surface area contributed by atoms with E-state index in [9.17, 15) is 19.1 Å². The molecule has 0 aromatic heterocycles. The normalized spacial score (nSPS) is 18.4. The number of hydrogen-bond donors (Lipinski definition) is 1. The van der Waals surface area contributed by atoms with E-state index in [-0.39, 0.29) is 12.2 Å². The quantitative estimate of drug-likeness (QED) is 0.644. The Labute approximate surface area is 170 Å². The van der Waals surface area contributed by atoms with Crippen molar-refractivity contribution in [2.45, 2.75) is 18.1 Å². The van der Waals surface area contributed by atoms with Crippen LogP contribution in [0.2, 0.25) is 0 Å². The first-order valence-electron chi connectivity index (χ1n) is 9.13. The van der Waals surface area contributed by atoms with E-state index in [0.717, 1.165) is 17.0 Å². The van der Waals surface area contributed by atoms with E-state index >= 15 is 8.78 Å². The van der Waals surface area contributed by atoms with Gasteiger partial charge in [-0.25, -0.2) is 4.39 Å². The summed E-state index contributed by atoms with van der Waals surface area (Å²) in [6, 6.07) is 18.3. The predicted octanol–water partition coefficient (Wildman–Crippen LogP) is 4.08. The molecule has 0 bridgehead atoms. The molecule has 4 nitrogen and oxygen atoms in total. The Balaban J connectivity index is 1.81. The number of rotatable bonds is 5. The summed E-state index contributed by atoms with van der Waals surface area (Å²) in [4.78, 5) is 26.7. The summed E-state index contributed by atoms with van der Waals surface area (Å²) in [6.07, 6.45) is 0. The van der Waals surface area contributed by atoms with E-state index in [1.807, 2.05) is 0 Å². The SMILES string of the molecule is O=C(c1ccccc1F)C(F)(F)[C@@]1(O)C(=O)N(Cc2ccccc2)c2ccccc21. The van der Waals surface area contributed by atoms with Crippen LogP contribution in [-0.2, 0) is 16.9 Å². The van der Waals surface area contributed by atoms with Crippen LogP contribution in [0.3, 0.4) is 0 Å². The fraction of sp³-hybridized carbons (Fsp3) is 0.130. The number of benzene rings is 3. The molecule has 7 heteroatoms. The number of nitrogens with zero attached hydrogens (tertiary/aromatic N) is 1. The Morgan fingerprint density at radius 1 is 0.933 bits per heavy atom. The first-order chi connectivity index (χ1) is 14.3. The van der Waals surface area contributed by atoms with Crippen molar-refractivity contribution in [3.05, 3.63) is 101 Å². The van der Waals surface area contributed by atoms with Crippen LogP contribution < -0.4 is 4.90 Å². The van der Waals surface area contributed by atoms with Gasteiger partial charge in [0.25, 0.3) is 5.91 Å². The molecule has 0 saturated heterocycles. The smallest absolute Gasteiger partial charge is 0.351 e. The lowest BCUT2D eigenvalue weighted by Crippen LogP contribution is -2.56. The highest BCUT2D eigenvalue weighted by atomic mass is 19.3. The number of para-hydroxylation sites is 1. The molecule has 1 aliphatic rings. The van der Waals surface area contributed by atoms with Gasteiger partial charge >= 0.3 is 5.92 Å². The summed E-state index contributed by atoms with van der Waals surface area (Å²) in [5, 5.41) is 11.0. The largest absolute Gasteiger partial charge is 0.370 e. The van der Waals surface area contributed by atoms with Crippen molar-refractivity contribution in [3.8, 4) is 0 Å². The first-order valence-corrected chi connectivity index (χ1v) is 9.13. The predicted molar refractivity (Wildman–Crippen MR) is 104 cm³/mol. The zero-order valence-corrected chi connectivity index (χ0v) is 15.6. The Hall–Kier alpha value is -3.45. The maximum atomic E-state index is 15.4. The van der Waals surface area contributed by atoms with Crippen LogP contribution in [0.15, 0.2) is 78.9 Å². The van der Waals surface area contributed by atoms with E-state index in [0.29, 0.717) is 5.56 Å². The number of carbonyl (C=O) groups is 2. The lowest BCUT2D eigenvalue weighted by molar-refractivity contribution is -0.173. The van der Waals surface area contributed by atoms with Gasteiger partial charge in [0.05, 0.1) is 17.8 Å². The second-order valence-electron chi connectivity index (χ2n) is 6.99. The number of anilines is 1. The number of alkyl halides is 2. The zero-order valence-electron chi connectivity index (χ0n) is 15.6. The third kappa shape index (κ3) is 2.81. The molecule has 0 radical (unpaired) electrons. The van der Waals surface area contributed by atoms with Gasteiger partial charge in [-0.2, -0.15) is 8.78 Å². The van der Waals surface area contributed by atoms with E-state index < -0.39 is 40.2 Å². The van der Waals surface area contributed by atoms with Crippen LogP contribution in [-0.4, -0.2) is 22.7 Å². The molecule has 1 heterocycles. The lowest BCUT2D eigenvalue weighted by atomic mass is 9.84. The van der Waals surface area contributed by atoms with Crippen molar-refractivity contribution < 1.29 is 27.9 Å². The van der Waals surface area contributed by atoms with Gasteiger partial charge in [0.15, 0.2) is 0 Å². The van der Waals surface area contributed by atoms with Gasteiger partial charge in [0.1, 0.15) is 5.82 Å². The number of fused-ring (bicyclic) bond motifs is 1. The second kappa shape index (κ2) is 7.11. The van der Waals surface area contributed by atoms with Crippen molar-refractivity contribution in [2.24, 2.45) is 0 Å². The van der Waals surface area contributed by atoms with Crippen LogP contribution in [0.25, 0.3) is 0 Å². The molecule has 1 amide bonds. The number of amides is 1. The third-order valence-electron chi connectivity index (χ3n) is 5.18. The van der Waals surface area contributed by atoms with Gasteiger partial charge in [0.2, 0.25) is 11.4 Å². The van der Waals surface area contributed by atoms with Crippen molar-refractivity contribution in [2.75, 3.05) is 4.90 Å². The molecule has 152 valence electrons. The molecule has 0 unspecified atom stereocenters. The van der Waals surface area contributed by atoms with Crippen LogP contribution in [0.5, 0.6) is 0 Å². The van der Waals surface area contributed by atoms with Gasteiger partial charge in [0, 0.05) is 5.56 Å². The van der Waals surface area contributed by atoms with Crippen molar-refractivity contribution in [1.82, 2.24) is 0 Å². The molecule has 3 aromatic rings. The minimum Gasteiger partial charge on any atom is -0.370 e. The van der Waals surface area contributed by atoms with E-state index in [1.165, 1.54) is 36.4 Å². The Morgan fingerprint density at radius 3 is 2.23 bits per heavy atom. The lowest BCUT2D eigenvalue weighted by Gasteiger charge is -2.30. The molecule has 4 rings (SSSR count). The van der Waals surface area contributed by atoms with Crippen molar-refractivity contribution >= 4 is 17.4 Å². The van der Waals surface area contributed by atoms with Gasteiger partial charge in [-0.05, 0) is 23.8 Å². The average molecular weight is 411 g/mol.